The summed E-state index contributed by atoms with van der Waals surface area (Å²) in [6.07, 6.45) is 4.88. The first-order valence-corrected chi connectivity index (χ1v) is 9.46. The normalized spacial score (nSPS) is 10.5. The lowest BCUT2D eigenvalue weighted by atomic mass is 10.0. The molecule has 4 aromatic rings. The number of hydrogen-bond donors (Lipinski definition) is 1. The van der Waals surface area contributed by atoms with Gasteiger partial charge in [0.05, 0.1) is 17.3 Å². The number of carbonyl (C=O) groups is 2. The van der Waals surface area contributed by atoms with Crippen molar-refractivity contribution >= 4 is 23.1 Å². The number of aromatic nitrogens is 3. The van der Waals surface area contributed by atoms with E-state index in [0.29, 0.717) is 22.5 Å². The average molecular weight is 410 g/mol. The van der Waals surface area contributed by atoms with Gasteiger partial charge in [-0.1, -0.05) is 12.1 Å². The molecule has 0 spiro atoms. The second kappa shape index (κ2) is 8.08. The topological polar surface area (TPSA) is 103 Å². The minimum Gasteiger partial charge on any atom is -0.355 e. The number of pyridine rings is 2. The van der Waals surface area contributed by atoms with E-state index in [-0.39, 0.29) is 11.8 Å². The van der Waals surface area contributed by atoms with E-state index in [4.69, 9.17) is 5.26 Å². The summed E-state index contributed by atoms with van der Waals surface area (Å²) in [6, 6.07) is 15.9. The van der Waals surface area contributed by atoms with Crippen LogP contribution in [0.25, 0.3) is 16.6 Å². The van der Waals surface area contributed by atoms with Gasteiger partial charge in [-0.25, -0.2) is 9.50 Å². The fraction of sp³-hybridized carbons (Fsp3) is 0.0870. The SMILES string of the molecule is CNC(=O)c1ccc(-c2cnn3ccc(C(=O)N(C)c4ccc(C#N)cn4)cc23)cc1. The van der Waals surface area contributed by atoms with Gasteiger partial charge in [0.1, 0.15) is 11.9 Å². The first kappa shape index (κ1) is 19.8. The summed E-state index contributed by atoms with van der Waals surface area (Å²) >= 11 is 0. The fourth-order valence-electron chi connectivity index (χ4n) is 3.23. The van der Waals surface area contributed by atoms with Crippen molar-refractivity contribution in [1.82, 2.24) is 19.9 Å². The van der Waals surface area contributed by atoms with Crippen LogP contribution in [0, 0.1) is 11.3 Å². The summed E-state index contributed by atoms with van der Waals surface area (Å²) in [5.41, 5.74) is 3.96. The van der Waals surface area contributed by atoms with Gasteiger partial charge < -0.3 is 5.32 Å². The number of rotatable bonds is 4. The van der Waals surface area contributed by atoms with Crippen LogP contribution in [0.3, 0.4) is 0 Å². The van der Waals surface area contributed by atoms with Gasteiger partial charge in [-0.15, -0.1) is 0 Å². The molecule has 0 bridgehead atoms. The van der Waals surface area contributed by atoms with E-state index in [9.17, 15) is 9.59 Å². The summed E-state index contributed by atoms with van der Waals surface area (Å²) in [5, 5.41) is 15.9. The zero-order valence-electron chi connectivity index (χ0n) is 16.9. The van der Waals surface area contributed by atoms with Gasteiger partial charge in [-0.2, -0.15) is 10.4 Å². The Labute approximate surface area is 178 Å². The Kier molecular flexibility index (Phi) is 5.16. The van der Waals surface area contributed by atoms with Gasteiger partial charge in [0, 0.05) is 43.2 Å². The number of hydrogen-bond acceptors (Lipinski definition) is 5. The first-order chi connectivity index (χ1) is 15.0. The first-order valence-electron chi connectivity index (χ1n) is 9.46. The lowest BCUT2D eigenvalue weighted by Gasteiger charge is -2.16. The predicted octanol–water partition coefficient (Wildman–Crippen LogP) is 2.90. The van der Waals surface area contributed by atoms with Gasteiger partial charge in [-0.3, -0.25) is 14.5 Å². The van der Waals surface area contributed by atoms with Crippen molar-refractivity contribution in [3.05, 3.63) is 83.8 Å². The Morgan fingerprint density at radius 3 is 2.48 bits per heavy atom. The summed E-state index contributed by atoms with van der Waals surface area (Å²) in [6.45, 7) is 0. The number of anilines is 1. The Morgan fingerprint density at radius 1 is 1.06 bits per heavy atom. The molecule has 0 saturated carbocycles. The molecule has 0 radical (unpaired) electrons. The van der Waals surface area contributed by atoms with E-state index in [1.54, 1.807) is 67.4 Å². The van der Waals surface area contributed by atoms with Crippen molar-refractivity contribution in [2.24, 2.45) is 0 Å². The van der Waals surface area contributed by atoms with Crippen LogP contribution < -0.4 is 10.2 Å². The molecule has 0 aliphatic rings. The Morgan fingerprint density at radius 2 is 1.84 bits per heavy atom. The van der Waals surface area contributed by atoms with Gasteiger partial charge in [-0.05, 0) is 42.0 Å². The highest BCUT2D eigenvalue weighted by Gasteiger charge is 2.17. The molecule has 31 heavy (non-hydrogen) atoms. The zero-order chi connectivity index (χ0) is 22.0. The predicted molar refractivity (Wildman–Crippen MR) is 116 cm³/mol. The van der Waals surface area contributed by atoms with Gasteiger partial charge in [0.2, 0.25) is 0 Å². The van der Waals surface area contributed by atoms with Crippen molar-refractivity contribution in [2.75, 3.05) is 19.0 Å². The van der Waals surface area contributed by atoms with Crippen LogP contribution in [-0.4, -0.2) is 40.5 Å². The van der Waals surface area contributed by atoms with Crippen LogP contribution in [-0.2, 0) is 0 Å². The maximum atomic E-state index is 13.0. The number of nitriles is 1. The van der Waals surface area contributed by atoms with Crippen molar-refractivity contribution in [3.8, 4) is 17.2 Å². The second-order valence-corrected chi connectivity index (χ2v) is 6.84. The molecule has 3 aromatic heterocycles. The molecule has 0 fully saturated rings. The largest absolute Gasteiger partial charge is 0.355 e. The lowest BCUT2D eigenvalue weighted by Crippen LogP contribution is -2.27. The maximum Gasteiger partial charge on any atom is 0.259 e. The number of nitrogens with zero attached hydrogens (tertiary/aromatic N) is 5. The zero-order valence-corrected chi connectivity index (χ0v) is 16.9. The number of benzene rings is 1. The van der Waals surface area contributed by atoms with E-state index in [1.165, 1.54) is 11.1 Å². The lowest BCUT2D eigenvalue weighted by molar-refractivity contribution is 0.0961. The van der Waals surface area contributed by atoms with Crippen LogP contribution in [0.4, 0.5) is 5.82 Å². The highest BCUT2D eigenvalue weighted by atomic mass is 16.2. The molecule has 0 atom stereocenters. The highest BCUT2D eigenvalue weighted by Crippen LogP contribution is 2.26. The molecule has 1 N–H and O–H groups in total. The van der Waals surface area contributed by atoms with Crippen LogP contribution in [0.15, 0.2) is 67.1 Å². The minimum atomic E-state index is -0.234. The number of fused-ring (bicyclic) bond motifs is 1. The van der Waals surface area contributed by atoms with Crippen molar-refractivity contribution in [1.29, 1.82) is 5.26 Å². The Balaban J connectivity index is 1.67. The highest BCUT2D eigenvalue weighted by molar-refractivity contribution is 6.06. The van der Waals surface area contributed by atoms with Crippen molar-refractivity contribution < 1.29 is 9.59 Å². The quantitative estimate of drug-likeness (QED) is 0.557. The van der Waals surface area contributed by atoms with Crippen molar-refractivity contribution in [2.45, 2.75) is 0 Å². The third kappa shape index (κ3) is 3.72. The molecule has 0 aliphatic carbocycles. The molecule has 8 heteroatoms. The van der Waals surface area contributed by atoms with Gasteiger partial charge in [0.15, 0.2) is 0 Å². The smallest absolute Gasteiger partial charge is 0.259 e. The monoisotopic (exact) mass is 410 g/mol. The average Bonchev–Trinajstić information content (AvgIpc) is 3.26. The molecule has 3 heterocycles. The number of nitrogens with one attached hydrogen (secondary N) is 1. The minimum absolute atomic E-state index is 0.154. The third-order valence-corrected chi connectivity index (χ3v) is 4.98. The number of amides is 2. The molecule has 0 saturated heterocycles. The maximum absolute atomic E-state index is 13.0. The Bertz CT molecular complexity index is 1320. The third-order valence-electron chi connectivity index (χ3n) is 4.98. The molecular formula is C23H18N6O2. The van der Waals surface area contributed by atoms with Crippen LogP contribution >= 0.6 is 0 Å². The summed E-state index contributed by atoms with van der Waals surface area (Å²) in [4.78, 5) is 30.4. The standard InChI is InChI=1S/C23H18N6O2/c1-25-22(30)17-6-4-16(5-7-17)19-14-27-29-10-9-18(11-20(19)29)23(31)28(2)21-8-3-15(12-24)13-26-21/h3-11,13-14H,1-2H3,(H,25,30). The fourth-order valence-corrected chi connectivity index (χ4v) is 3.23. The summed E-state index contributed by atoms with van der Waals surface area (Å²) < 4.78 is 1.69. The van der Waals surface area contributed by atoms with E-state index < -0.39 is 0 Å². The molecule has 152 valence electrons. The summed E-state index contributed by atoms with van der Waals surface area (Å²) in [7, 11) is 3.22. The van der Waals surface area contributed by atoms with E-state index in [2.05, 4.69) is 15.4 Å². The summed E-state index contributed by atoms with van der Waals surface area (Å²) in [5.74, 6) is 0.0583. The Hall–Kier alpha value is -4.51. The second-order valence-electron chi connectivity index (χ2n) is 6.84. The molecule has 0 aliphatic heterocycles. The van der Waals surface area contributed by atoms with Gasteiger partial charge in [0.25, 0.3) is 11.8 Å². The molecular weight excluding hydrogens is 392 g/mol. The molecule has 8 nitrogen and oxygen atoms in total. The van der Waals surface area contributed by atoms with E-state index in [1.807, 2.05) is 18.2 Å². The molecule has 1 aromatic carbocycles. The number of carbonyl (C=O) groups excluding carboxylic acids is 2. The molecule has 0 unspecified atom stereocenters. The van der Waals surface area contributed by atoms with E-state index in [0.717, 1.165) is 16.6 Å². The molecule has 2 amide bonds. The van der Waals surface area contributed by atoms with Crippen LogP contribution in [0.5, 0.6) is 0 Å². The van der Waals surface area contributed by atoms with Gasteiger partial charge >= 0.3 is 0 Å². The molecule has 4 rings (SSSR count). The van der Waals surface area contributed by atoms with E-state index >= 15 is 0 Å². The van der Waals surface area contributed by atoms with Crippen LogP contribution in [0.2, 0.25) is 0 Å². The van der Waals surface area contributed by atoms with Crippen LogP contribution in [0.1, 0.15) is 26.3 Å². The van der Waals surface area contributed by atoms with Crippen molar-refractivity contribution in [3.63, 3.8) is 0 Å².